The molecule has 0 aromatic heterocycles. The van der Waals surface area contributed by atoms with Crippen molar-refractivity contribution in [2.75, 3.05) is 19.6 Å². The molecule has 0 aliphatic heterocycles. The van der Waals surface area contributed by atoms with Crippen LogP contribution in [0.2, 0.25) is 0 Å². The number of benzene rings is 1. The summed E-state index contributed by atoms with van der Waals surface area (Å²) in [7, 11) is 0. The lowest BCUT2D eigenvalue weighted by Crippen LogP contribution is -2.37. The van der Waals surface area contributed by atoms with Gasteiger partial charge in [0.05, 0.1) is 6.54 Å². The Hall–Kier alpha value is -0.580. The van der Waals surface area contributed by atoms with Gasteiger partial charge in [0.25, 0.3) is 0 Å². The lowest BCUT2D eigenvalue weighted by molar-refractivity contribution is -0.120. The van der Waals surface area contributed by atoms with E-state index in [-0.39, 0.29) is 18.3 Å². The third-order valence-corrected chi connectivity index (χ3v) is 4.49. The molecule has 5 heteroatoms. The summed E-state index contributed by atoms with van der Waals surface area (Å²) in [5, 5.41) is 6.28. The van der Waals surface area contributed by atoms with Gasteiger partial charge in [-0.1, -0.05) is 41.4 Å². The molecule has 1 fully saturated rings. The minimum Gasteiger partial charge on any atom is -0.355 e. The molecule has 1 aromatic carbocycles. The van der Waals surface area contributed by atoms with E-state index >= 15 is 0 Å². The second kappa shape index (κ2) is 10.2. The van der Waals surface area contributed by atoms with Gasteiger partial charge in [-0.3, -0.25) is 4.79 Å². The molecule has 0 radical (unpaired) electrons. The van der Waals surface area contributed by atoms with Crippen LogP contribution in [0.3, 0.4) is 0 Å². The van der Waals surface area contributed by atoms with Crippen molar-refractivity contribution in [2.24, 2.45) is 11.8 Å². The molecule has 0 spiro atoms. The van der Waals surface area contributed by atoms with Crippen LogP contribution in [0.5, 0.6) is 0 Å². The summed E-state index contributed by atoms with van der Waals surface area (Å²) >= 11 is 3.50. The van der Waals surface area contributed by atoms with Crippen LogP contribution < -0.4 is 10.6 Å². The minimum absolute atomic E-state index is 0. The van der Waals surface area contributed by atoms with Gasteiger partial charge in [-0.15, -0.1) is 12.4 Å². The maximum atomic E-state index is 11.8. The van der Waals surface area contributed by atoms with Gasteiger partial charge in [0.1, 0.15) is 0 Å². The highest BCUT2D eigenvalue weighted by Gasteiger charge is 2.20. The van der Waals surface area contributed by atoms with Crippen molar-refractivity contribution in [3.8, 4) is 0 Å². The minimum atomic E-state index is 0. The molecule has 124 valence electrons. The standard InChI is InChI=1S/C17H25BrN2O.ClH/c1-2-13(8-15-4-3-5-16(18)9-15)11-20-17(21)12-19-10-14-6-7-14;/h3-5,9,13-14,19H,2,6-8,10-12H2,1H3,(H,20,21);1H. The Morgan fingerprint density at radius 3 is 2.82 bits per heavy atom. The molecular weight excluding hydrogens is 364 g/mol. The third-order valence-electron chi connectivity index (χ3n) is 3.99. The second-order valence-corrected chi connectivity index (χ2v) is 6.90. The van der Waals surface area contributed by atoms with E-state index in [4.69, 9.17) is 0 Å². The number of halogens is 2. The number of rotatable bonds is 9. The average Bonchev–Trinajstić information content (AvgIpc) is 3.27. The van der Waals surface area contributed by atoms with Gasteiger partial charge in [0.2, 0.25) is 5.91 Å². The Balaban J connectivity index is 0.00000242. The van der Waals surface area contributed by atoms with Gasteiger partial charge in [0, 0.05) is 11.0 Å². The lowest BCUT2D eigenvalue weighted by Gasteiger charge is -2.16. The predicted octanol–water partition coefficient (Wildman–Crippen LogP) is 3.56. The highest BCUT2D eigenvalue weighted by Crippen LogP contribution is 2.27. The topological polar surface area (TPSA) is 41.1 Å². The van der Waals surface area contributed by atoms with Crippen LogP contribution in [-0.4, -0.2) is 25.5 Å². The summed E-state index contributed by atoms with van der Waals surface area (Å²) in [6.45, 7) is 4.37. The molecule has 1 aliphatic carbocycles. The Bertz CT molecular complexity index is 466. The molecule has 1 atom stereocenters. The molecule has 1 amide bonds. The molecule has 0 bridgehead atoms. The third kappa shape index (κ3) is 7.61. The zero-order valence-electron chi connectivity index (χ0n) is 13.1. The molecule has 3 nitrogen and oxygen atoms in total. The van der Waals surface area contributed by atoms with Crippen LogP contribution in [0, 0.1) is 11.8 Å². The van der Waals surface area contributed by atoms with Crippen molar-refractivity contribution >= 4 is 34.2 Å². The van der Waals surface area contributed by atoms with Crippen LogP contribution in [0.4, 0.5) is 0 Å². The second-order valence-electron chi connectivity index (χ2n) is 5.99. The van der Waals surface area contributed by atoms with Crippen LogP contribution in [-0.2, 0) is 11.2 Å². The zero-order chi connectivity index (χ0) is 15.1. The van der Waals surface area contributed by atoms with Crippen molar-refractivity contribution < 1.29 is 4.79 Å². The number of hydrogen-bond acceptors (Lipinski definition) is 2. The first-order valence-electron chi connectivity index (χ1n) is 7.89. The first-order valence-corrected chi connectivity index (χ1v) is 8.68. The average molecular weight is 390 g/mol. The molecular formula is C17H26BrClN2O. The van der Waals surface area contributed by atoms with Crippen LogP contribution in [0.15, 0.2) is 28.7 Å². The van der Waals surface area contributed by atoms with E-state index in [1.54, 1.807) is 0 Å². The van der Waals surface area contributed by atoms with Gasteiger partial charge >= 0.3 is 0 Å². The summed E-state index contributed by atoms with van der Waals surface area (Å²) in [4.78, 5) is 11.8. The number of carbonyl (C=O) groups is 1. The van der Waals surface area contributed by atoms with Crippen molar-refractivity contribution in [1.29, 1.82) is 0 Å². The molecule has 2 rings (SSSR count). The molecule has 0 saturated heterocycles. The van der Waals surface area contributed by atoms with Gasteiger partial charge in [-0.25, -0.2) is 0 Å². The van der Waals surface area contributed by atoms with Gasteiger partial charge < -0.3 is 10.6 Å². The number of amides is 1. The summed E-state index contributed by atoms with van der Waals surface area (Å²) in [5.41, 5.74) is 1.32. The largest absolute Gasteiger partial charge is 0.355 e. The van der Waals surface area contributed by atoms with Crippen molar-refractivity contribution in [3.63, 3.8) is 0 Å². The molecule has 1 unspecified atom stereocenters. The quantitative estimate of drug-likeness (QED) is 0.678. The molecule has 2 N–H and O–H groups in total. The number of nitrogens with one attached hydrogen (secondary N) is 2. The van der Waals surface area contributed by atoms with Crippen LogP contribution in [0.1, 0.15) is 31.7 Å². The number of hydrogen-bond donors (Lipinski definition) is 2. The van der Waals surface area contributed by atoms with Crippen LogP contribution >= 0.6 is 28.3 Å². The van der Waals surface area contributed by atoms with Crippen molar-refractivity contribution in [1.82, 2.24) is 10.6 Å². The van der Waals surface area contributed by atoms with E-state index in [1.165, 1.54) is 18.4 Å². The van der Waals surface area contributed by atoms with E-state index < -0.39 is 0 Å². The van der Waals surface area contributed by atoms with E-state index in [2.05, 4.69) is 51.7 Å². The van der Waals surface area contributed by atoms with E-state index in [0.717, 1.165) is 36.3 Å². The van der Waals surface area contributed by atoms with E-state index in [0.29, 0.717) is 12.5 Å². The zero-order valence-corrected chi connectivity index (χ0v) is 15.5. The summed E-state index contributed by atoms with van der Waals surface area (Å²) in [5.74, 6) is 1.42. The SMILES string of the molecule is CCC(CNC(=O)CNCC1CC1)Cc1cccc(Br)c1.Cl. The Labute approximate surface area is 148 Å². The summed E-state index contributed by atoms with van der Waals surface area (Å²) < 4.78 is 1.11. The summed E-state index contributed by atoms with van der Waals surface area (Å²) in [6, 6.07) is 8.40. The fraction of sp³-hybridized carbons (Fsp3) is 0.588. The number of carbonyl (C=O) groups excluding carboxylic acids is 1. The Morgan fingerprint density at radius 1 is 1.41 bits per heavy atom. The highest BCUT2D eigenvalue weighted by molar-refractivity contribution is 9.10. The fourth-order valence-electron chi connectivity index (χ4n) is 2.39. The van der Waals surface area contributed by atoms with Gasteiger partial charge in [-0.05, 0) is 55.3 Å². The normalized spacial score (nSPS) is 15.0. The summed E-state index contributed by atoms with van der Waals surface area (Å²) in [6.07, 6.45) is 4.71. The fourth-order valence-corrected chi connectivity index (χ4v) is 2.84. The first-order chi connectivity index (χ1) is 10.2. The maximum Gasteiger partial charge on any atom is 0.233 e. The van der Waals surface area contributed by atoms with E-state index in [9.17, 15) is 4.79 Å². The first kappa shape index (κ1) is 19.5. The Kier molecular flexibility index (Phi) is 9.06. The molecule has 0 heterocycles. The molecule has 1 saturated carbocycles. The van der Waals surface area contributed by atoms with Gasteiger partial charge in [-0.2, -0.15) is 0 Å². The highest BCUT2D eigenvalue weighted by atomic mass is 79.9. The van der Waals surface area contributed by atoms with Crippen molar-refractivity contribution in [2.45, 2.75) is 32.6 Å². The predicted molar refractivity (Wildman–Crippen MR) is 97.5 cm³/mol. The van der Waals surface area contributed by atoms with Gasteiger partial charge in [0.15, 0.2) is 0 Å². The molecule has 22 heavy (non-hydrogen) atoms. The van der Waals surface area contributed by atoms with Crippen LogP contribution in [0.25, 0.3) is 0 Å². The van der Waals surface area contributed by atoms with E-state index in [1.807, 2.05) is 6.07 Å². The Morgan fingerprint density at radius 2 is 2.18 bits per heavy atom. The molecule has 1 aliphatic rings. The molecule has 1 aromatic rings. The smallest absolute Gasteiger partial charge is 0.233 e. The monoisotopic (exact) mass is 388 g/mol. The lowest BCUT2D eigenvalue weighted by atomic mass is 9.97. The van der Waals surface area contributed by atoms with Crippen molar-refractivity contribution in [3.05, 3.63) is 34.3 Å². The maximum absolute atomic E-state index is 11.8.